The molecule has 10 atom stereocenters. The number of carboxylic acid groups (broad SMARTS) is 1. The van der Waals surface area contributed by atoms with E-state index in [9.17, 15) is 39.9 Å². The van der Waals surface area contributed by atoms with Gasteiger partial charge in [0.25, 0.3) is 0 Å². The number of aliphatic hydroxyl groups is 5. The van der Waals surface area contributed by atoms with Crippen molar-refractivity contribution in [3.63, 3.8) is 0 Å². The molecule has 196 valence electrons. The van der Waals surface area contributed by atoms with Crippen molar-refractivity contribution in [2.24, 2.45) is 0 Å². The fraction of sp³-hybridized carbons (Fsp3) is 0.842. The SMILES string of the molecule is CO[C@H]1O[C@H](CO)[C@@H](O[C@@H]2O[C@H](CO)[C@H](O)[C@@H](NC(=O)CCC(=O)O)[C@H]2O)[C@H](O)[C@@H]1NC(C)=O. The Morgan fingerprint density at radius 1 is 0.853 bits per heavy atom. The number of methoxy groups -OCH3 is 1. The van der Waals surface area contributed by atoms with Crippen LogP contribution in [0.5, 0.6) is 0 Å². The van der Waals surface area contributed by atoms with E-state index in [2.05, 4.69) is 10.6 Å². The maximum atomic E-state index is 12.1. The molecule has 15 nitrogen and oxygen atoms in total. The van der Waals surface area contributed by atoms with Gasteiger partial charge in [-0.3, -0.25) is 14.4 Å². The number of aliphatic carboxylic acids is 1. The summed E-state index contributed by atoms with van der Waals surface area (Å²) in [6.07, 6.45) is -12.4. The summed E-state index contributed by atoms with van der Waals surface area (Å²) < 4.78 is 21.7. The Morgan fingerprint density at radius 3 is 2.00 bits per heavy atom. The van der Waals surface area contributed by atoms with Gasteiger partial charge in [-0.05, 0) is 0 Å². The quantitative estimate of drug-likeness (QED) is 0.142. The number of aliphatic hydroxyl groups excluding tert-OH is 5. The lowest BCUT2D eigenvalue weighted by Gasteiger charge is -2.47. The first-order valence-electron chi connectivity index (χ1n) is 10.6. The predicted octanol–water partition coefficient (Wildman–Crippen LogP) is -4.61. The van der Waals surface area contributed by atoms with Gasteiger partial charge in [0, 0.05) is 20.5 Å². The average molecular weight is 496 g/mol. The van der Waals surface area contributed by atoms with Crippen LogP contribution in [0.15, 0.2) is 0 Å². The van der Waals surface area contributed by atoms with E-state index in [1.54, 1.807) is 0 Å². The summed E-state index contributed by atoms with van der Waals surface area (Å²) >= 11 is 0. The number of carbonyl (C=O) groups excluding carboxylic acids is 2. The van der Waals surface area contributed by atoms with Crippen LogP contribution >= 0.6 is 0 Å². The van der Waals surface area contributed by atoms with E-state index in [4.69, 9.17) is 24.1 Å². The van der Waals surface area contributed by atoms with Crippen molar-refractivity contribution in [1.29, 1.82) is 0 Å². The maximum Gasteiger partial charge on any atom is 0.303 e. The lowest BCUT2D eigenvalue weighted by molar-refractivity contribution is -0.336. The van der Waals surface area contributed by atoms with Gasteiger partial charge in [0.2, 0.25) is 11.8 Å². The Bertz CT molecular complexity index is 710. The molecule has 8 N–H and O–H groups in total. The van der Waals surface area contributed by atoms with Gasteiger partial charge in [0.05, 0.1) is 25.7 Å². The molecule has 2 amide bonds. The first-order valence-corrected chi connectivity index (χ1v) is 10.6. The Morgan fingerprint density at radius 2 is 1.47 bits per heavy atom. The minimum atomic E-state index is -1.74. The molecule has 0 aromatic rings. The van der Waals surface area contributed by atoms with Crippen molar-refractivity contribution in [3.8, 4) is 0 Å². The fourth-order valence-electron chi connectivity index (χ4n) is 3.83. The second kappa shape index (κ2) is 12.7. The Kier molecular flexibility index (Phi) is 10.5. The van der Waals surface area contributed by atoms with E-state index in [-0.39, 0.29) is 0 Å². The molecule has 0 unspecified atom stereocenters. The molecule has 0 aromatic heterocycles. The molecule has 0 spiro atoms. The lowest BCUT2D eigenvalue weighted by Crippen LogP contribution is -2.69. The number of rotatable bonds is 10. The molecule has 2 rings (SSSR count). The van der Waals surface area contributed by atoms with Gasteiger partial charge in [-0.15, -0.1) is 0 Å². The highest BCUT2D eigenvalue weighted by Gasteiger charge is 2.51. The van der Waals surface area contributed by atoms with Crippen LogP contribution in [0.1, 0.15) is 19.8 Å². The number of carbonyl (C=O) groups is 3. The zero-order valence-electron chi connectivity index (χ0n) is 18.6. The van der Waals surface area contributed by atoms with Gasteiger partial charge in [-0.25, -0.2) is 0 Å². The molecule has 0 aromatic carbocycles. The van der Waals surface area contributed by atoms with Gasteiger partial charge in [0.1, 0.15) is 42.7 Å². The Hall–Kier alpha value is -1.95. The van der Waals surface area contributed by atoms with E-state index in [1.165, 1.54) is 14.0 Å². The number of carboxylic acids is 1. The van der Waals surface area contributed by atoms with E-state index in [0.717, 1.165) is 0 Å². The zero-order chi connectivity index (χ0) is 25.6. The first kappa shape index (κ1) is 28.3. The molecular weight excluding hydrogens is 464 g/mol. The number of ether oxygens (including phenoxy) is 4. The number of nitrogens with one attached hydrogen (secondary N) is 2. The third-order valence-corrected chi connectivity index (χ3v) is 5.52. The van der Waals surface area contributed by atoms with Crippen LogP contribution in [0.25, 0.3) is 0 Å². The summed E-state index contributed by atoms with van der Waals surface area (Å²) in [6.45, 7) is -0.187. The molecule has 0 aliphatic carbocycles. The van der Waals surface area contributed by atoms with E-state index in [1.807, 2.05) is 0 Å². The van der Waals surface area contributed by atoms with E-state index in [0.29, 0.717) is 0 Å². The van der Waals surface area contributed by atoms with Crippen molar-refractivity contribution in [2.75, 3.05) is 20.3 Å². The smallest absolute Gasteiger partial charge is 0.303 e. The minimum absolute atomic E-state index is 0.431. The second-order valence-corrected chi connectivity index (χ2v) is 7.97. The van der Waals surface area contributed by atoms with Crippen LogP contribution in [0.4, 0.5) is 0 Å². The van der Waals surface area contributed by atoms with Gasteiger partial charge in [-0.1, -0.05) is 0 Å². The van der Waals surface area contributed by atoms with Crippen molar-refractivity contribution >= 4 is 17.8 Å². The number of hydrogen-bond donors (Lipinski definition) is 8. The van der Waals surface area contributed by atoms with Gasteiger partial charge < -0.3 is 60.2 Å². The van der Waals surface area contributed by atoms with Crippen molar-refractivity contribution in [1.82, 2.24) is 10.6 Å². The molecule has 15 heteroatoms. The van der Waals surface area contributed by atoms with Crippen LogP contribution < -0.4 is 10.6 Å². The summed E-state index contributed by atoms with van der Waals surface area (Å²) in [6, 6.07) is -2.55. The van der Waals surface area contributed by atoms with E-state index < -0.39 is 105 Å². The molecule has 0 saturated carbocycles. The molecule has 2 aliphatic heterocycles. The standard InChI is InChI=1S/C19H32N2O13/c1-7(24)20-13-15(29)17(9(6-23)33-18(13)31-2)34-19-16(30)12(14(28)8(5-22)32-19)21-10(25)3-4-11(26)27/h8-9,12-19,22-23,28-30H,3-6H2,1-2H3,(H,20,24)(H,21,25)(H,26,27)/t8-,9-,12-,13+,14+,15-,16-,17-,18+,19+/m1/s1. The highest BCUT2D eigenvalue weighted by molar-refractivity contribution is 5.80. The highest BCUT2D eigenvalue weighted by atomic mass is 16.7. The monoisotopic (exact) mass is 496 g/mol. The largest absolute Gasteiger partial charge is 0.481 e. The summed E-state index contributed by atoms with van der Waals surface area (Å²) in [7, 11) is 1.26. The van der Waals surface area contributed by atoms with Gasteiger partial charge >= 0.3 is 5.97 Å². The fourth-order valence-corrected chi connectivity index (χ4v) is 3.83. The molecule has 2 aliphatic rings. The van der Waals surface area contributed by atoms with Crippen LogP contribution in [-0.4, -0.2) is 130 Å². The van der Waals surface area contributed by atoms with Crippen LogP contribution in [0.3, 0.4) is 0 Å². The van der Waals surface area contributed by atoms with Crippen molar-refractivity contribution < 1.29 is 64.0 Å². The first-order chi connectivity index (χ1) is 16.0. The normalized spacial score (nSPS) is 38.2. The van der Waals surface area contributed by atoms with E-state index >= 15 is 0 Å². The minimum Gasteiger partial charge on any atom is -0.481 e. The average Bonchev–Trinajstić information content (AvgIpc) is 2.79. The Balaban J connectivity index is 2.21. The van der Waals surface area contributed by atoms with Crippen LogP contribution in [0.2, 0.25) is 0 Å². The topological polar surface area (TPSA) is 234 Å². The van der Waals surface area contributed by atoms with Crippen molar-refractivity contribution in [3.05, 3.63) is 0 Å². The molecule has 0 radical (unpaired) electrons. The summed E-state index contributed by atoms with van der Waals surface area (Å²) in [5.74, 6) is -2.52. The molecular formula is C19H32N2O13. The number of amides is 2. The predicted molar refractivity (Wildman–Crippen MR) is 108 cm³/mol. The molecule has 2 heterocycles. The maximum absolute atomic E-state index is 12.1. The molecule has 2 fully saturated rings. The molecule has 34 heavy (non-hydrogen) atoms. The van der Waals surface area contributed by atoms with Gasteiger partial charge in [0.15, 0.2) is 12.6 Å². The van der Waals surface area contributed by atoms with Crippen LogP contribution in [0, 0.1) is 0 Å². The molecule has 0 bridgehead atoms. The van der Waals surface area contributed by atoms with Gasteiger partial charge in [-0.2, -0.15) is 0 Å². The Labute approximate surface area is 194 Å². The second-order valence-electron chi connectivity index (χ2n) is 7.97. The summed E-state index contributed by atoms with van der Waals surface area (Å²) in [5.41, 5.74) is 0. The summed E-state index contributed by atoms with van der Waals surface area (Å²) in [4.78, 5) is 34.3. The third-order valence-electron chi connectivity index (χ3n) is 5.52. The lowest BCUT2D eigenvalue weighted by atomic mass is 9.94. The zero-order valence-corrected chi connectivity index (χ0v) is 18.6. The van der Waals surface area contributed by atoms with Crippen LogP contribution in [-0.2, 0) is 33.3 Å². The number of hydrogen-bond acceptors (Lipinski definition) is 12. The molecule has 2 saturated heterocycles. The van der Waals surface area contributed by atoms with Crippen molar-refractivity contribution in [2.45, 2.75) is 81.1 Å². The highest BCUT2D eigenvalue weighted by Crippen LogP contribution is 2.29. The summed E-state index contributed by atoms with van der Waals surface area (Å²) in [5, 5.41) is 64.7. The third kappa shape index (κ3) is 6.80.